The second-order valence-corrected chi connectivity index (χ2v) is 8.13. The first-order valence-electron chi connectivity index (χ1n) is 10.3. The Labute approximate surface area is 183 Å². The molecule has 2 saturated heterocycles. The smallest absolute Gasteiger partial charge is 0.266 e. The summed E-state index contributed by atoms with van der Waals surface area (Å²) >= 11 is 0. The molecule has 0 N–H and O–H groups in total. The Bertz CT molecular complexity index is 1230. The fourth-order valence-electron chi connectivity index (χ4n) is 4.54. The number of amides is 2. The van der Waals surface area contributed by atoms with E-state index >= 15 is 0 Å². The summed E-state index contributed by atoms with van der Waals surface area (Å²) in [6.45, 7) is 3.76. The molecular formula is C25H20F2N2O3. The molecule has 2 fully saturated rings. The zero-order valence-electron chi connectivity index (χ0n) is 17.5. The SMILES string of the molecule is Cc1ccc(N2C(=O)[C@@H]3[C@H](ON(c4ccccc4)[C@@H]3c3ccc(F)c(F)c3)C2=O)c(C)c1. The van der Waals surface area contributed by atoms with Crippen molar-refractivity contribution >= 4 is 23.2 Å². The summed E-state index contributed by atoms with van der Waals surface area (Å²) in [5, 5.41) is 1.46. The van der Waals surface area contributed by atoms with Gasteiger partial charge in [-0.05, 0) is 55.3 Å². The molecule has 32 heavy (non-hydrogen) atoms. The van der Waals surface area contributed by atoms with Crippen LogP contribution in [-0.4, -0.2) is 17.9 Å². The highest BCUT2D eigenvalue weighted by atomic mass is 19.2. The molecular weight excluding hydrogens is 414 g/mol. The molecule has 7 heteroatoms. The quantitative estimate of drug-likeness (QED) is 0.564. The Morgan fingerprint density at radius 3 is 2.28 bits per heavy atom. The van der Waals surface area contributed by atoms with E-state index in [0.717, 1.165) is 28.2 Å². The Balaban J connectivity index is 1.61. The van der Waals surface area contributed by atoms with E-state index in [1.165, 1.54) is 11.1 Å². The summed E-state index contributed by atoms with van der Waals surface area (Å²) in [7, 11) is 0. The van der Waals surface area contributed by atoms with Crippen molar-refractivity contribution in [2.45, 2.75) is 26.0 Å². The average molecular weight is 434 g/mol. The second-order valence-electron chi connectivity index (χ2n) is 8.13. The zero-order chi connectivity index (χ0) is 22.6. The van der Waals surface area contributed by atoms with Gasteiger partial charge in [0.15, 0.2) is 17.7 Å². The van der Waals surface area contributed by atoms with Crippen molar-refractivity contribution in [3.05, 3.63) is 95.1 Å². The first-order chi connectivity index (χ1) is 15.4. The Morgan fingerprint density at radius 1 is 0.844 bits per heavy atom. The standard InChI is InChI=1S/C25H20F2N2O3/c1-14-8-11-20(15(2)12-14)28-24(30)21-22(16-9-10-18(26)19(27)13-16)29(32-23(21)25(28)31)17-6-4-3-5-7-17/h3-13,21-23H,1-2H3/t21-,22+,23-/m0/s1. The molecule has 2 aliphatic rings. The van der Waals surface area contributed by atoms with Gasteiger partial charge in [-0.25, -0.2) is 18.7 Å². The fourth-order valence-corrected chi connectivity index (χ4v) is 4.54. The summed E-state index contributed by atoms with van der Waals surface area (Å²) in [5.41, 5.74) is 3.26. The first-order valence-corrected chi connectivity index (χ1v) is 10.3. The summed E-state index contributed by atoms with van der Waals surface area (Å²) in [4.78, 5) is 34.1. The summed E-state index contributed by atoms with van der Waals surface area (Å²) < 4.78 is 27.7. The van der Waals surface area contributed by atoms with Crippen LogP contribution in [0.3, 0.4) is 0 Å². The predicted molar refractivity (Wildman–Crippen MR) is 115 cm³/mol. The van der Waals surface area contributed by atoms with E-state index in [2.05, 4.69) is 0 Å². The summed E-state index contributed by atoms with van der Waals surface area (Å²) in [5.74, 6) is -3.82. The van der Waals surface area contributed by atoms with Crippen molar-refractivity contribution in [2.75, 3.05) is 9.96 Å². The van der Waals surface area contributed by atoms with Gasteiger partial charge < -0.3 is 0 Å². The number of fused-ring (bicyclic) bond motifs is 1. The van der Waals surface area contributed by atoms with Gasteiger partial charge >= 0.3 is 0 Å². The number of halogens is 2. The monoisotopic (exact) mass is 434 g/mol. The van der Waals surface area contributed by atoms with Crippen LogP contribution < -0.4 is 9.96 Å². The molecule has 3 atom stereocenters. The Kier molecular flexibility index (Phi) is 4.78. The van der Waals surface area contributed by atoms with Gasteiger partial charge in [-0.15, -0.1) is 0 Å². The Morgan fingerprint density at radius 2 is 1.59 bits per heavy atom. The topological polar surface area (TPSA) is 49.9 Å². The maximum absolute atomic E-state index is 14.1. The van der Waals surface area contributed by atoms with E-state index in [1.807, 2.05) is 32.0 Å². The number of carbonyl (C=O) groups is 2. The van der Waals surface area contributed by atoms with Gasteiger partial charge in [0, 0.05) is 0 Å². The minimum absolute atomic E-state index is 0.351. The minimum Gasteiger partial charge on any atom is -0.273 e. The van der Waals surface area contributed by atoms with E-state index in [-0.39, 0.29) is 0 Å². The molecule has 162 valence electrons. The number of rotatable bonds is 3. The molecule has 3 aromatic carbocycles. The number of anilines is 2. The number of carbonyl (C=O) groups excluding carboxylic acids is 2. The highest BCUT2D eigenvalue weighted by Gasteiger charge is 2.60. The van der Waals surface area contributed by atoms with Gasteiger partial charge in [0.05, 0.1) is 17.4 Å². The maximum atomic E-state index is 14.1. The van der Waals surface area contributed by atoms with Crippen LogP contribution in [0.2, 0.25) is 0 Å². The van der Waals surface area contributed by atoms with Crippen molar-refractivity contribution in [3.63, 3.8) is 0 Å². The second kappa shape index (κ2) is 7.53. The average Bonchev–Trinajstić information content (AvgIpc) is 3.28. The first kappa shape index (κ1) is 20.3. The van der Waals surface area contributed by atoms with E-state index in [1.54, 1.807) is 30.3 Å². The number of para-hydroxylation sites is 1. The molecule has 3 aromatic rings. The molecule has 0 bridgehead atoms. The van der Waals surface area contributed by atoms with Crippen molar-refractivity contribution in [3.8, 4) is 0 Å². The van der Waals surface area contributed by atoms with Crippen molar-refractivity contribution in [2.24, 2.45) is 5.92 Å². The van der Waals surface area contributed by atoms with E-state index < -0.39 is 41.5 Å². The third-order valence-corrected chi connectivity index (χ3v) is 6.00. The lowest BCUT2D eigenvalue weighted by Crippen LogP contribution is -2.37. The van der Waals surface area contributed by atoms with E-state index in [9.17, 15) is 18.4 Å². The number of aryl methyl sites for hydroxylation is 2. The molecule has 2 aliphatic heterocycles. The zero-order valence-corrected chi connectivity index (χ0v) is 17.5. The normalized spacial score (nSPS) is 22.6. The van der Waals surface area contributed by atoms with Gasteiger partial charge in [-0.3, -0.25) is 14.4 Å². The number of hydrogen-bond acceptors (Lipinski definition) is 4. The van der Waals surface area contributed by atoms with Crippen LogP contribution >= 0.6 is 0 Å². The van der Waals surface area contributed by atoms with E-state index in [0.29, 0.717) is 16.9 Å². The molecule has 5 nitrogen and oxygen atoms in total. The molecule has 5 rings (SSSR count). The van der Waals surface area contributed by atoms with Gasteiger partial charge in [0.2, 0.25) is 5.91 Å². The number of benzene rings is 3. The minimum atomic E-state index is -1.07. The van der Waals surface area contributed by atoms with Gasteiger partial charge in [-0.2, -0.15) is 0 Å². The highest BCUT2D eigenvalue weighted by Crippen LogP contribution is 2.48. The highest BCUT2D eigenvalue weighted by molar-refractivity contribution is 6.24. The number of imide groups is 1. The third-order valence-electron chi connectivity index (χ3n) is 6.00. The molecule has 0 radical (unpaired) electrons. The van der Waals surface area contributed by atoms with Gasteiger partial charge in [0.1, 0.15) is 5.92 Å². The molecule has 0 spiro atoms. The number of hydrogen-bond donors (Lipinski definition) is 0. The summed E-state index contributed by atoms with van der Waals surface area (Å²) in [6.07, 6.45) is -1.07. The summed E-state index contributed by atoms with van der Waals surface area (Å²) in [6, 6.07) is 17.1. The van der Waals surface area contributed by atoms with Crippen LogP contribution in [0.4, 0.5) is 20.2 Å². The lowest BCUT2D eigenvalue weighted by atomic mass is 9.90. The molecule has 0 aliphatic carbocycles. The number of hydroxylamine groups is 1. The van der Waals surface area contributed by atoms with Gasteiger partial charge in [-0.1, -0.05) is 42.0 Å². The van der Waals surface area contributed by atoms with E-state index in [4.69, 9.17) is 4.84 Å². The molecule has 0 saturated carbocycles. The van der Waals surface area contributed by atoms with Crippen LogP contribution in [0.5, 0.6) is 0 Å². The van der Waals surface area contributed by atoms with Crippen molar-refractivity contribution in [1.29, 1.82) is 0 Å². The van der Waals surface area contributed by atoms with Crippen LogP contribution in [0.1, 0.15) is 22.7 Å². The molecule has 2 amide bonds. The molecule has 2 heterocycles. The predicted octanol–water partition coefficient (Wildman–Crippen LogP) is 4.63. The number of nitrogens with zero attached hydrogens (tertiary/aromatic N) is 2. The fraction of sp³-hybridized carbons (Fsp3) is 0.200. The largest absolute Gasteiger partial charge is 0.273 e. The van der Waals surface area contributed by atoms with Crippen LogP contribution in [0, 0.1) is 31.4 Å². The molecule has 0 unspecified atom stereocenters. The van der Waals surface area contributed by atoms with Crippen LogP contribution in [-0.2, 0) is 14.4 Å². The lowest BCUT2D eigenvalue weighted by molar-refractivity contribution is -0.126. The maximum Gasteiger partial charge on any atom is 0.266 e. The van der Waals surface area contributed by atoms with Crippen LogP contribution in [0.25, 0.3) is 0 Å². The van der Waals surface area contributed by atoms with Gasteiger partial charge in [0.25, 0.3) is 5.91 Å². The lowest BCUT2D eigenvalue weighted by Gasteiger charge is -2.29. The molecule has 0 aromatic heterocycles. The van der Waals surface area contributed by atoms with Crippen molar-refractivity contribution in [1.82, 2.24) is 0 Å². The third kappa shape index (κ3) is 3.08. The van der Waals surface area contributed by atoms with Crippen LogP contribution in [0.15, 0.2) is 66.7 Å². The Hall–Kier alpha value is -3.58. The van der Waals surface area contributed by atoms with Crippen molar-refractivity contribution < 1.29 is 23.2 Å².